The molecule has 0 atom stereocenters. The van der Waals surface area contributed by atoms with Gasteiger partial charge in [0.25, 0.3) is 0 Å². The van der Waals surface area contributed by atoms with Crippen LogP contribution in [0.3, 0.4) is 0 Å². The Morgan fingerprint density at radius 3 is 2.50 bits per heavy atom. The fraction of sp³-hybridized carbons (Fsp3) is 0.222. The highest BCUT2D eigenvalue weighted by Crippen LogP contribution is 2.16. The number of nitrogens with zero attached hydrogens (tertiary/aromatic N) is 1. The summed E-state index contributed by atoms with van der Waals surface area (Å²) in [6, 6.07) is 17.2. The highest BCUT2D eigenvalue weighted by Gasteiger charge is 2.06. The second kappa shape index (κ2) is 7.84. The Morgan fingerprint density at radius 2 is 1.77 bits per heavy atom. The summed E-state index contributed by atoms with van der Waals surface area (Å²) in [4.78, 5) is 12.0. The van der Waals surface area contributed by atoms with Gasteiger partial charge in [0.2, 0.25) is 5.91 Å². The van der Waals surface area contributed by atoms with E-state index in [2.05, 4.69) is 23.6 Å². The van der Waals surface area contributed by atoms with Crippen molar-refractivity contribution >= 4 is 17.3 Å². The van der Waals surface area contributed by atoms with Crippen LogP contribution in [0, 0.1) is 11.3 Å². The monoisotopic (exact) mass is 293 g/mol. The van der Waals surface area contributed by atoms with Crippen molar-refractivity contribution in [2.75, 3.05) is 17.2 Å². The van der Waals surface area contributed by atoms with Gasteiger partial charge in [-0.1, -0.05) is 37.3 Å². The fourth-order valence-electron chi connectivity index (χ4n) is 2.21. The van der Waals surface area contributed by atoms with Crippen LogP contribution in [-0.4, -0.2) is 12.5 Å². The van der Waals surface area contributed by atoms with E-state index in [1.807, 2.05) is 42.5 Å². The molecular formula is C18H19N3O. The van der Waals surface area contributed by atoms with Gasteiger partial charge in [-0.15, -0.1) is 0 Å². The summed E-state index contributed by atoms with van der Waals surface area (Å²) in [5, 5.41) is 15.1. The fourth-order valence-corrected chi connectivity index (χ4v) is 2.21. The maximum Gasteiger partial charge on any atom is 0.226 e. The number of nitriles is 1. The SMILES string of the molecule is CCc1ccccc1NC(=O)CCNc1ccccc1C#N. The number of anilines is 2. The molecule has 2 aromatic carbocycles. The first-order valence-electron chi connectivity index (χ1n) is 7.35. The molecule has 0 saturated heterocycles. The molecule has 2 N–H and O–H groups in total. The number of nitrogens with one attached hydrogen (secondary N) is 2. The maximum absolute atomic E-state index is 12.0. The maximum atomic E-state index is 12.0. The third-order valence-corrected chi connectivity index (χ3v) is 3.39. The van der Waals surface area contributed by atoms with Crippen LogP contribution >= 0.6 is 0 Å². The van der Waals surface area contributed by atoms with Crippen molar-refractivity contribution in [3.8, 4) is 6.07 Å². The molecule has 112 valence electrons. The quantitative estimate of drug-likeness (QED) is 0.856. The Morgan fingerprint density at radius 1 is 1.09 bits per heavy atom. The molecule has 0 fully saturated rings. The van der Waals surface area contributed by atoms with E-state index >= 15 is 0 Å². The highest BCUT2D eigenvalue weighted by molar-refractivity contribution is 5.91. The van der Waals surface area contributed by atoms with Crippen molar-refractivity contribution < 1.29 is 4.79 Å². The summed E-state index contributed by atoms with van der Waals surface area (Å²) in [5.41, 5.74) is 3.33. The molecule has 0 heterocycles. The molecule has 0 spiro atoms. The van der Waals surface area contributed by atoms with E-state index in [1.165, 1.54) is 0 Å². The number of rotatable bonds is 6. The second-order valence-electron chi connectivity index (χ2n) is 4.89. The topological polar surface area (TPSA) is 64.9 Å². The van der Waals surface area contributed by atoms with E-state index in [1.54, 1.807) is 6.07 Å². The van der Waals surface area contributed by atoms with Gasteiger partial charge in [0.15, 0.2) is 0 Å². The Hall–Kier alpha value is -2.80. The normalized spacial score (nSPS) is 9.82. The number of carbonyl (C=O) groups excluding carboxylic acids is 1. The number of hydrogen-bond donors (Lipinski definition) is 2. The van der Waals surface area contributed by atoms with Crippen LogP contribution < -0.4 is 10.6 Å². The van der Waals surface area contributed by atoms with E-state index in [0.717, 1.165) is 23.4 Å². The van der Waals surface area contributed by atoms with Gasteiger partial charge in [-0.05, 0) is 30.2 Å². The first kappa shape index (κ1) is 15.6. The minimum Gasteiger partial charge on any atom is -0.383 e. The molecule has 2 rings (SSSR count). The Labute approximate surface area is 130 Å². The second-order valence-corrected chi connectivity index (χ2v) is 4.89. The van der Waals surface area contributed by atoms with Gasteiger partial charge in [-0.25, -0.2) is 0 Å². The minimum atomic E-state index is -0.0390. The van der Waals surface area contributed by atoms with Crippen molar-refractivity contribution in [2.45, 2.75) is 19.8 Å². The number of para-hydroxylation sites is 2. The molecule has 2 aromatic rings. The number of aryl methyl sites for hydroxylation is 1. The number of hydrogen-bond acceptors (Lipinski definition) is 3. The van der Waals surface area contributed by atoms with Crippen LogP contribution in [0.25, 0.3) is 0 Å². The molecule has 4 heteroatoms. The standard InChI is InChI=1S/C18H19N3O/c1-2-14-7-3-6-10-17(14)21-18(22)11-12-20-16-9-5-4-8-15(16)13-19/h3-10,20H,2,11-12H2,1H3,(H,21,22). The van der Waals surface area contributed by atoms with Gasteiger partial charge in [0.05, 0.1) is 11.3 Å². The minimum absolute atomic E-state index is 0.0390. The van der Waals surface area contributed by atoms with Gasteiger partial charge in [-0.3, -0.25) is 4.79 Å². The lowest BCUT2D eigenvalue weighted by Crippen LogP contribution is -2.17. The van der Waals surface area contributed by atoms with E-state index in [4.69, 9.17) is 5.26 Å². The molecule has 22 heavy (non-hydrogen) atoms. The first-order valence-corrected chi connectivity index (χ1v) is 7.35. The molecular weight excluding hydrogens is 274 g/mol. The molecule has 1 amide bonds. The molecule has 0 aliphatic rings. The van der Waals surface area contributed by atoms with Crippen LogP contribution in [0.1, 0.15) is 24.5 Å². The van der Waals surface area contributed by atoms with Gasteiger partial charge >= 0.3 is 0 Å². The summed E-state index contributed by atoms with van der Waals surface area (Å²) >= 11 is 0. The highest BCUT2D eigenvalue weighted by atomic mass is 16.1. The zero-order chi connectivity index (χ0) is 15.8. The summed E-state index contributed by atoms with van der Waals surface area (Å²) < 4.78 is 0. The van der Waals surface area contributed by atoms with E-state index in [-0.39, 0.29) is 5.91 Å². The van der Waals surface area contributed by atoms with Crippen molar-refractivity contribution in [1.82, 2.24) is 0 Å². The van der Waals surface area contributed by atoms with Crippen molar-refractivity contribution in [3.63, 3.8) is 0 Å². The molecule has 0 aliphatic heterocycles. The van der Waals surface area contributed by atoms with E-state index < -0.39 is 0 Å². The lowest BCUT2D eigenvalue weighted by molar-refractivity contribution is -0.115. The van der Waals surface area contributed by atoms with Crippen LogP contribution in [0.2, 0.25) is 0 Å². The average molecular weight is 293 g/mol. The summed E-state index contributed by atoms with van der Waals surface area (Å²) in [6.07, 6.45) is 1.22. The third-order valence-electron chi connectivity index (χ3n) is 3.39. The Bertz CT molecular complexity index is 689. The van der Waals surface area contributed by atoms with Crippen molar-refractivity contribution in [2.24, 2.45) is 0 Å². The summed E-state index contributed by atoms with van der Waals surface area (Å²) in [5.74, 6) is -0.0390. The molecule has 0 bridgehead atoms. The van der Waals surface area contributed by atoms with Gasteiger partial charge in [-0.2, -0.15) is 5.26 Å². The average Bonchev–Trinajstić information content (AvgIpc) is 2.55. The smallest absolute Gasteiger partial charge is 0.226 e. The predicted octanol–water partition coefficient (Wildman–Crippen LogP) is 3.56. The predicted molar refractivity (Wildman–Crippen MR) is 88.7 cm³/mol. The van der Waals surface area contributed by atoms with E-state index in [0.29, 0.717) is 18.5 Å². The molecule has 0 unspecified atom stereocenters. The Balaban J connectivity index is 1.87. The molecule has 0 aliphatic carbocycles. The third kappa shape index (κ3) is 4.10. The lowest BCUT2D eigenvalue weighted by Gasteiger charge is -2.11. The number of amides is 1. The van der Waals surface area contributed by atoms with Crippen LogP contribution in [0.5, 0.6) is 0 Å². The zero-order valence-corrected chi connectivity index (χ0v) is 12.6. The van der Waals surface area contributed by atoms with Gasteiger partial charge < -0.3 is 10.6 Å². The zero-order valence-electron chi connectivity index (χ0n) is 12.6. The molecule has 4 nitrogen and oxygen atoms in total. The number of carbonyl (C=O) groups is 1. The van der Waals surface area contributed by atoms with Crippen LogP contribution in [0.15, 0.2) is 48.5 Å². The van der Waals surface area contributed by atoms with Gasteiger partial charge in [0, 0.05) is 18.7 Å². The largest absolute Gasteiger partial charge is 0.383 e. The molecule has 0 saturated carbocycles. The summed E-state index contributed by atoms with van der Waals surface area (Å²) in [6.45, 7) is 2.55. The van der Waals surface area contributed by atoms with E-state index in [9.17, 15) is 4.79 Å². The van der Waals surface area contributed by atoms with Crippen LogP contribution in [-0.2, 0) is 11.2 Å². The molecule has 0 aromatic heterocycles. The van der Waals surface area contributed by atoms with Crippen molar-refractivity contribution in [3.05, 3.63) is 59.7 Å². The number of benzene rings is 2. The first-order chi connectivity index (χ1) is 10.7. The van der Waals surface area contributed by atoms with Crippen molar-refractivity contribution in [1.29, 1.82) is 5.26 Å². The van der Waals surface area contributed by atoms with Gasteiger partial charge in [0.1, 0.15) is 6.07 Å². The molecule has 0 radical (unpaired) electrons. The Kier molecular flexibility index (Phi) is 5.56. The summed E-state index contributed by atoms with van der Waals surface area (Å²) in [7, 11) is 0. The lowest BCUT2D eigenvalue weighted by atomic mass is 10.1. The van der Waals surface area contributed by atoms with Crippen LogP contribution in [0.4, 0.5) is 11.4 Å².